The molecule has 218 valence electrons. The maximum atomic E-state index is 13.9. The number of halogens is 2. The minimum absolute atomic E-state index is 0.0807. The second kappa shape index (κ2) is 13.8. The van der Waals surface area contributed by atoms with Crippen LogP contribution in [0.2, 0.25) is 10.0 Å². The van der Waals surface area contributed by atoms with Crippen molar-refractivity contribution in [2.45, 2.75) is 38.3 Å². The number of anilines is 1. The molecule has 1 atom stereocenters. The first-order valence-corrected chi connectivity index (χ1v) is 14.8. The van der Waals surface area contributed by atoms with Crippen molar-refractivity contribution in [2.75, 3.05) is 17.4 Å². The van der Waals surface area contributed by atoms with Gasteiger partial charge < -0.3 is 10.2 Å². The Morgan fingerprint density at radius 1 is 0.951 bits per heavy atom. The third-order valence-electron chi connectivity index (χ3n) is 6.13. The molecule has 0 unspecified atom stereocenters. The van der Waals surface area contributed by atoms with Crippen LogP contribution in [0.5, 0.6) is 0 Å². The fourth-order valence-corrected chi connectivity index (χ4v) is 5.63. The van der Waals surface area contributed by atoms with Gasteiger partial charge in [-0.15, -0.1) is 0 Å². The topological polar surface area (TPSA) is 130 Å². The molecule has 13 heteroatoms. The van der Waals surface area contributed by atoms with Crippen LogP contribution in [-0.4, -0.2) is 49.2 Å². The molecular formula is C28H30Cl2N4O6S. The fraction of sp³-hybridized carbons (Fsp3) is 0.286. The van der Waals surface area contributed by atoms with Crippen LogP contribution in [0.25, 0.3) is 0 Å². The second-order valence-corrected chi connectivity index (χ2v) is 12.4. The van der Waals surface area contributed by atoms with Crippen molar-refractivity contribution in [1.29, 1.82) is 0 Å². The molecule has 0 aromatic heterocycles. The van der Waals surface area contributed by atoms with Gasteiger partial charge in [-0.05, 0) is 48.7 Å². The Morgan fingerprint density at radius 3 is 2.24 bits per heavy atom. The zero-order valence-corrected chi connectivity index (χ0v) is 25.0. The van der Waals surface area contributed by atoms with E-state index in [1.165, 1.54) is 54.3 Å². The van der Waals surface area contributed by atoms with Crippen LogP contribution in [-0.2, 0) is 26.2 Å². The van der Waals surface area contributed by atoms with Gasteiger partial charge in [0.2, 0.25) is 11.8 Å². The number of amides is 2. The molecule has 0 saturated heterocycles. The number of carbonyl (C=O) groups is 2. The first kappa shape index (κ1) is 31.9. The Labute approximate surface area is 249 Å². The van der Waals surface area contributed by atoms with E-state index in [4.69, 9.17) is 23.2 Å². The normalized spacial score (nSPS) is 12.0. The summed E-state index contributed by atoms with van der Waals surface area (Å²) in [4.78, 5) is 38.9. The number of non-ortho nitro benzene ring substituents is 1. The van der Waals surface area contributed by atoms with Crippen LogP contribution in [0, 0.1) is 16.0 Å². The van der Waals surface area contributed by atoms with Gasteiger partial charge in [0, 0.05) is 25.2 Å². The number of nitro benzene ring substituents is 1. The summed E-state index contributed by atoms with van der Waals surface area (Å²) in [6.45, 7) is 4.94. The number of hydrogen-bond donors (Lipinski definition) is 1. The molecule has 0 saturated carbocycles. The van der Waals surface area contributed by atoms with Crippen molar-refractivity contribution in [3.63, 3.8) is 0 Å². The fourth-order valence-electron chi connectivity index (χ4n) is 3.88. The highest BCUT2D eigenvalue weighted by Gasteiger charge is 2.33. The van der Waals surface area contributed by atoms with Crippen molar-refractivity contribution in [2.24, 2.45) is 5.92 Å². The number of carbonyl (C=O) groups excluding carboxylic acids is 2. The molecule has 0 fully saturated rings. The lowest BCUT2D eigenvalue weighted by molar-refractivity contribution is -0.384. The number of nitrogens with zero attached hydrogens (tertiary/aromatic N) is 3. The highest BCUT2D eigenvalue weighted by Crippen LogP contribution is 2.28. The standard InChI is InChI=1S/C28H30Cl2N4O6S/c1-19(2)16-31-28(36)20(3)32(17-21-12-13-25(29)26(30)14-21)27(35)18-33(22-8-7-9-23(15-22)34(37)38)41(39,40)24-10-5-4-6-11-24/h4-15,19-20H,16-18H2,1-3H3,(H,31,36)/t20-/m1/s1. The summed E-state index contributed by atoms with van der Waals surface area (Å²) >= 11 is 12.2. The average molecular weight is 622 g/mol. The molecule has 3 aromatic rings. The lowest BCUT2D eigenvalue weighted by Gasteiger charge is -2.32. The van der Waals surface area contributed by atoms with E-state index >= 15 is 0 Å². The maximum absolute atomic E-state index is 13.9. The molecule has 2 amide bonds. The van der Waals surface area contributed by atoms with Gasteiger partial charge in [-0.2, -0.15) is 0 Å². The van der Waals surface area contributed by atoms with Gasteiger partial charge in [0.25, 0.3) is 15.7 Å². The van der Waals surface area contributed by atoms with E-state index in [9.17, 15) is 28.1 Å². The lowest BCUT2D eigenvalue weighted by atomic mass is 10.1. The molecule has 10 nitrogen and oxygen atoms in total. The number of benzene rings is 3. The molecule has 41 heavy (non-hydrogen) atoms. The first-order chi connectivity index (χ1) is 19.3. The Balaban J connectivity index is 2.06. The van der Waals surface area contributed by atoms with Gasteiger partial charge in [-0.3, -0.25) is 24.0 Å². The minimum Gasteiger partial charge on any atom is -0.354 e. The summed E-state index contributed by atoms with van der Waals surface area (Å²) in [5.41, 5.74) is 0.129. The third-order valence-corrected chi connectivity index (χ3v) is 8.65. The molecule has 0 radical (unpaired) electrons. The zero-order valence-electron chi connectivity index (χ0n) is 22.7. The number of sulfonamides is 1. The minimum atomic E-state index is -4.35. The smallest absolute Gasteiger partial charge is 0.271 e. The molecule has 0 spiro atoms. The van der Waals surface area contributed by atoms with Crippen molar-refractivity contribution in [3.8, 4) is 0 Å². The Kier molecular flexibility index (Phi) is 10.7. The zero-order chi connectivity index (χ0) is 30.3. The Morgan fingerprint density at radius 2 is 1.63 bits per heavy atom. The van der Waals surface area contributed by atoms with Gasteiger partial charge >= 0.3 is 0 Å². The molecule has 0 heterocycles. The van der Waals surface area contributed by atoms with Crippen LogP contribution in [0.15, 0.2) is 77.7 Å². The van der Waals surface area contributed by atoms with E-state index in [2.05, 4.69) is 5.32 Å². The predicted octanol–water partition coefficient (Wildman–Crippen LogP) is 5.29. The molecule has 3 aromatic carbocycles. The van der Waals surface area contributed by atoms with Crippen LogP contribution in [0.1, 0.15) is 26.3 Å². The molecule has 0 aliphatic rings. The van der Waals surface area contributed by atoms with E-state index in [0.717, 1.165) is 10.4 Å². The molecule has 0 aliphatic carbocycles. The average Bonchev–Trinajstić information content (AvgIpc) is 2.95. The number of nitro groups is 1. The highest BCUT2D eigenvalue weighted by atomic mass is 35.5. The number of nitrogens with one attached hydrogen (secondary N) is 1. The largest absolute Gasteiger partial charge is 0.354 e. The van der Waals surface area contributed by atoms with Crippen molar-refractivity contribution in [1.82, 2.24) is 10.2 Å². The van der Waals surface area contributed by atoms with Gasteiger partial charge in [0.05, 0.1) is 25.6 Å². The van der Waals surface area contributed by atoms with Crippen molar-refractivity contribution >= 4 is 56.4 Å². The highest BCUT2D eigenvalue weighted by molar-refractivity contribution is 7.92. The Hall–Kier alpha value is -3.67. The quantitative estimate of drug-likeness (QED) is 0.216. The van der Waals surface area contributed by atoms with Crippen molar-refractivity contribution < 1.29 is 22.9 Å². The molecule has 3 rings (SSSR count). The summed E-state index contributed by atoms with van der Waals surface area (Å²) in [5, 5.41) is 14.8. The van der Waals surface area contributed by atoms with Gasteiger partial charge in [-0.25, -0.2) is 8.42 Å². The van der Waals surface area contributed by atoms with Crippen LogP contribution in [0.3, 0.4) is 0 Å². The summed E-state index contributed by atoms with van der Waals surface area (Å²) in [6.07, 6.45) is 0. The second-order valence-electron chi connectivity index (χ2n) is 9.69. The van der Waals surface area contributed by atoms with E-state index in [1.54, 1.807) is 24.3 Å². The maximum Gasteiger partial charge on any atom is 0.271 e. The molecular weight excluding hydrogens is 591 g/mol. The summed E-state index contributed by atoms with van der Waals surface area (Å²) in [7, 11) is -4.35. The predicted molar refractivity (Wildman–Crippen MR) is 158 cm³/mol. The van der Waals surface area contributed by atoms with Gasteiger partial charge in [-0.1, -0.05) is 67.4 Å². The van der Waals surface area contributed by atoms with Gasteiger partial charge in [0.1, 0.15) is 12.6 Å². The number of rotatable bonds is 12. The third kappa shape index (κ3) is 8.18. The molecule has 1 N–H and O–H groups in total. The summed E-state index contributed by atoms with van der Waals surface area (Å²) in [6, 6.07) is 16.2. The molecule has 0 bridgehead atoms. The SMILES string of the molecule is CC(C)CNC(=O)[C@@H](C)N(Cc1ccc(Cl)c(Cl)c1)C(=O)CN(c1cccc([N+](=O)[O-])c1)S(=O)(=O)c1ccccc1. The monoisotopic (exact) mass is 620 g/mol. The van der Waals surface area contributed by atoms with Crippen molar-refractivity contribution in [3.05, 3.63) is 98.5 Å². The molecule has 0 aliphatic heterocycles. The summed E-state index contributed by atoms with van der Waals surface area (Å²) < 4.78 is 28.3. The van der Waals surface area contributed by atoms with E-state index in [-0.39, 0.29) is 33.8 Å². The van der Waals surface area contributed by atoms with Crippen LogP contribution < -0.4 is 9.62 Å². The van der Waals surface area contributed by atoms with E-state index in [0.29, 0.717) is 17.1 Å². The van der Waals surface area contributed by atoms with E-state index < -0.39 is 39.3 Å². The first-order valence-electron chi connectivity index (χ1n) is 12.6. The van der Waals surface area contributed by atoms with Crippen LogP contribution >= 0.6 is 23.2 Å². The summed E-state index contributed by atoms with van der Waals surface area (Å²) in [5.74, 6) is -0.986. The lowest BCUT2D eigenvalue weighted by Crippen LogP contribution is -2.51. The number of hydrogen-bond acceptors (Lipinski definition) is 6. The van der Waals surface area contributed by atoms with Gasteiger partial charge in [0.15, 0.2) is 0 Å². The van der Waals surface area contributed by atoms with E-state index in [1.807, 2.05) is 13.8 Å². The Bertz CT molecular complexity index is 1520. The van der Waals surface area contributed by atoms with Crippen LogP contribution in [0.4, 0.5) is 11.4 Å².